The highest BCUT2D eigenvalue weighted by molar-refractivity contribution is 6.31. The molecule has 1 atom stereocenters. The number of hydrogen-bond donors (Lipinski definition) is 1. The molecule has 1 aromatic carbocycles. The molecule has 0 radical (unpaired) electrons. The second-order valence-electron chi connectivity index (χ2n) is 8.16. The Morgan fingerprint density at radius 3 is 2.97 bits per heavy atom. The summed E-state index contributed by atoms with van der Waals surface area (Å²) in [5.41, 5.74) is 4.33. The van der Waals surface area contributed by atoms with Crippen LogP contribution in [0.15, 0.2) is 18.2 Å². The Hall–Kier alpha value is -2.71. The Morgan fingerprint density at radius 2 is 2.19 bits per heavy atom. The summed E-state index contributed by atoms with van der Waals surface area (Å²) in [6.45, 7) is 5.85. The lowest BCUT2D eigenvalue weighted by atomic mass is 10.1. The summed E-state index contributed by atoms with van der Waals surface area (Å²) in [5, 5.41) is 8.55. The molecule has 162 valence electrons. The third-order valence-electron chi connectivity index (χ3n) is 6.02. The number of hydrogen-bond acceptors (Lipinski definition) is 5. The molecule has 31 heavy (non-hydrogen) atoms. The number of aryl methyl sites for hydroxylation is 2. The van der Waals surface area contributed by atoms with Crippen LogP contribution in [0.3, 0.4) is 0 Å². The molecule has 0 spiro atoms. The molecule has 2 aliphatic heterocycles. The lowest BCUT2D eigenvalue weighted by molar-refractivity contribution is 0.0744. The van der Waals surface area contributed by atoms with Gasteiger partial charge in [0, 0.05) is 17.7 Å². The minimum Gasteiger partial charge on any atom is -0.491 e. The van der Waals surface area contributed by atoms with Gasteiger partial charge >= 0.3 is 0 Å². The lowest BCUT2D eigenvalue weighted by Gasteiger charge is -2.19. The van der Waals surface area contributed by atoms with Crippen LogP contribution >= 0.6 is 11.6 Å². The van der Waals surface area contributed by atoms with Crippen LogP contribution in [-0.4, -0.2) is 44.6 Å². The second kappa shape index (κ2) is 7.76. The highest BCUT2D eigenvalue weighted by Gasteiger charge is 2.32. The van der Waals surface area contributed by atoms with Crippen LogP contribution in [-0.2, 0) is 13.1 Å². The quantitative estimate of drug-likeness (QED) is 0.669. The number of fused-ring (bicyclic) bond motifs is 3. The van der Waals surface area contributed by atoms with Gasteiger partial charge in [0.15, 0.2) is 5.65 Å². The third-order valence-corrected chi connectivity index (χ3v) is 6.57. The van der Waals surface area contributed by atoms with E-state index in [4.69, 9.17) is 16.3 Å². The van der Waals surface area contributed by atoms with Crippen molar-refractivity contribution in [1.29, 1.82) is 0 Å². The molecular weight excluding hydrogens is 421 g/mol. The SMILES string of the molecule is Cc1nc2c3c(nn2c(C)c1Cl)CN(C(=O)c1ccc(F)cc1OC[C@H]1CCCN1)C3. The number of ether oxygens (including phenoxy) is 1. The van der Waals surface area contributed by atoms with Crippen LogP contribution in [0, 0.1) is 19.7 Å². The fraction of sp³-hybridized carbons (Fsp3) is 0.409. The number of aromatic nitrogens is 3. The molecule has 0 aliphatic carbocycles. The molecule has 1 saturated heterocycles. The van der Waals surface area contributed by atoms with Gasteiger partial charge in [-0.25, -0.2) is 13.9 Å². The fourth-order valence-electron chi connectivity index (χ4n) is 4.31. The van der Waals surface area contributed by atoms with Gasteiger partial charge < -0.3 is 15.0 Å². The molecule has 7 nitrogen and oxygen atoms in total. The van der Waals surface area contributed by atoms with Crippen molar-refractivity contribution in [2.24, 2.45) is 0 Å². The predicted molar refractivity (Wildman–Crippen MR) is 114 cm³/mol. The van der Waals surface area contributed by atoms with E-state index in [2.05, 4.69) is 15.4 Å². The normalized spacial score (nSPS) is 18.1. The van der Waals surface area contributed by atoms with Gasteiger partial charge in [0.05, 0.1) is 40.8 Å². The molecule has 3 aromatic rings. The van der Waals surface area contributed by atoms with Gasteiger partial charge in [-0.2, -0.15) is 5.10 Å². The highest BCUT2D eigenvalue weighted by Crippen LogP contribution is 2.31. The molecule has 9 heteroatoms. The average molecular weight is 444 g/mol. The monoisotopic (exact) mass is 443 g/mol. The van der Waals surface area contributed by atoms with E-state index in [1.165, 1.54) is 18.2 Å². The van der Waals surface area contributed by atoms with Gasteiger partial charge in [0.1, 0.15) is 18.2 Å². The van der Waals surface area contributed by atoms with E-state index in [1.807, 2.05) is 13.8 Å². The van der Waals surface area contributed by atoms with Gasteiger partial charge in [-0.15, -0.1) is 0 Å². The number of amides is 1. The third kappa shape index (κ3) is 3.53. The van der Waals surface area contributed by atoms with Crippen LogP contribution in [0.4, 0.5) is 4.39 Å². The molecule has 4 heterocycles. The first-order chi connectivity index (χ1) is 14.9. The summed E-state index contributed by atoms with van der Waals surface area (Å²) in [7, 11) is 0. The van der Waals surface area contributed by atoms with E-state index >= 15 is 0 Å². The molecule has 0 bridgehead atoms. The second-order valence-corrected chi connectivity index (χ2v) is 8.54. The first-order valence-electron chi connectivity index (χ1n) is 10.4. The summed E-state index contributed by atoms with van der Waals surface area (Å²) in [4.78, 5) is 19.6. The van der Waals surface area contributed by atoms with Gasteiger partial charge in [-0.3, -0.25) is 4.79 Å². The standard InChI is InChI=1S/C22H23ClFN5O2/c1-12-20(23)13(2)29-21(26-12)17-9-28(10-18(17)27-29)22(30)16-6-5-14(24)8-19(16)31-11-15-4-3-7-25-15/h5-6,8,15,25H,3-4,7,9-11H2,1-2H3/t15-/m1/s1. The number of nitrogens with zero attached hydrogens (tertiary/aromatic N) is 4. The van der Waals surface area contributed by atoms with Crippen molar-refractivity contribution in [2.75, 3.05) is 13.2 Å². The zero-order valence-corrected chi connectivity index (χ0v) is 18.2. The zero-order valence-electron chi connectivity index (χ0n) is 17.4. The van der Waals surface area contributed by atoms with Crippen molar-refractivity contribution >= 4 is 23.2 Å². The van der Waals surface area contributed by atoms with Gasteiger partial charge in [0.2, 0.25) is 0 Å². The van der Waals surface area contributed by atoms with Crippen molar-refractivity contribution < 1.29 is 13.9 Å². The number of carbonyl (C=O) groups excluding carboxylic acids is 1. The minimum absolute atomic E-state index is 0.215. The topological polar surface area (TPSA) is 71.8 Å². The van der Waals surface area contributed by atoms with E-state index < -0.39 is 5.82 Å². The largest absolute Gasteiger partial charge is 0.491 e. The molecule has 2 aromatic heterocycles. The minimum atomic E-state index is -0.430. The molecular formula is C22H23ClFN5O2. The zero-order chi connectivity index (χ0) is 21.7. The summed E-state index contributed by atoms with van der Waals surface area (Å²) in [6, 6.07) is 4.28. The van der Waals surface area contributed by atoms with Crippen molar-refractivity contribution in [1.82, 2.24) is 24.8 Å². The highest BCUT2D eigenvalue weighted by atomic mass is 35.5. The number of halogens is 2. The average Bonchev–Trinajstić information content (AvgIpc) is 3.47. The maximum absolute atomic E-state index is 13.9. The number of benzene rings is 1. The van der Waals surface area contributed by atoms with Crippen LogP contribution in [0.1, 0.15) is 45.8 Å². The van der Waals surface area contributed by atoms with E-state index in [9.17, 15) is 9.18 Å². The van der Waals surface area contributed by atoms with E-state index in [0.717, 1.165) is 42.0 Å². The molecule has 0 saturated carbocycles. The summed E-state index contributed by atoms with van der Waals surface area (Å²) < 4.78 is 21.5. The number of rotatable bonds is 4. The van der Waals surface area contributed by atoms with Crippen LogP contribution in [0.25, 0.3) is 5.65 Å². The van der Waals surface area contributed by atoms with Crippen LogP contribution in [0.5, 0.6) is 5.75 Å². The lowest BCUT2D eigenvalue weighted by Crippen LogP contribution is -2.30. The van der Waals surface area contributed by atoms with Gasteiger partial charge in [-0.05, 0) is 45.4 Å². The van der Waals surface area contributed by atoms with E-state index in [1.54, 1.807) is 9.42 Å². The summed E-state index contributed by atoms with van der Waals surface area (Å²) >= 11 is 6.31. The smallest absolute Gasteiger partial charge is 0.258 e. The van der Waals surface area contributed by atoms with Crippen LogP contribution in [0.2, 0.25) is 5.02 Å². The molecule has 1 N–H and O–H groups in total. The Kier molecular flexibility index (Phi) is 5.06. The summed E-state index contributed by atoms with van der Waals surface area (Å²) in [5.74, 6) is -0.373. The Bertz CT molecular complexity index is 1190. The first kappa shape index (κ1) is 20.2. The summed E-state index contributed by atoms with van der Waals surface area (Å²) in [6.07, 6.45) is 2.10. The fourth-order valence-corrected chi connectivity index (χ4v) is 4.43. The molecule has 0 unspecified atom stereocenters. The predicted octanol–water partition coefficient (Wildman–Crippen LogP) is 3.43. The maximum atomic E-state index is 13.9. The molecule has 1 amide bonds. The van der Waals surface area contributed by atoms with Crippen molar-refractivity contribution in [3.8, 4) is 5.75 Å². The van der Waals surface area contributed by atoms with Crippen molar-refractivity contribution in [2.45, 2.75) is 45.8 Å². The Labute approximate surface area is 184 Å². The molecule has 2 aliphatic rings. The van der Waals surface area contributed by atoms with Crippen molar-refractivity contribution in [3.05, 3.63) is 57.2 Å². The van der Waals surface area contributed by atoms with E-state index in [0.29, 0.717) is 35.9 Å². The molecule has 1 fully saturated rings. The maximum Gasteiger partial charge on any atom is 0.258 e. The van der Waals surface area contributed by atoms with Crippen LogP contribution < -0.4 is 10.1 Å². The number of carbonyl (C=O) groups is 1. The first-order valence-corrected chi connectivity index (χ1v) is 10.8. The Morgan fingerprint density at radius 1 is 1.35 bits per heavy atom. The van der Waals surface area contributed by atoms with E-state index in [-0.39, 0.29) is 17.7 Å². The molecule has 5 rings (SSSR count). The number of nitrogens with one attached hydrogen (secondary N) is 1. The van der Waals surface area contributed by atoms with Gasteiger partial charge in [0.25, 0.3) is 5.91 Å². The van der Waals surface area contributed by atoms with Crippen molar-refractivity contribution in [3.63, 3.8) is 0 Å². The Balaban J connectivity index is 1.40. The van der Waals surface area contributed by atoms with Gasteiger partial charge in [-0.1, -0.05) is 11.6 Å².